The van der Waals surface area contributed by atoms with Crippen molar-refractivity contribution in [2.45, 2.75) is 32.7 Å². The third-order valence-electron chi connectivity index (χ3n) is 4.05. The van der Waals surface area contributed by atoms with Crippen LogP contribution in [0.3, 0.4) is 0 Å². The lowest BCUT2D eigenvalue weighted by Crippen LogP contribution is -2.45. The van der Waals surface area contributed by atoms with Crippen LogP contribution in [0.4, 0.5) is 5.69 Å². The summed E-state index contributed by atoms with van der Waals surface area (Å²) >= 11 is 0. The van der Waals surface area contributed by atoms with Crippen molar-refractivity contribution < 1.29 is 4.79 Å². The van der Waals surface area contributed by atoms with Crippen LogP contribution in [0, 0.1) is 17.2 Å². The topological polar surface area (TPSA) is 56.1 Å². The fraction of sp³-hybridized carbons (Fsp3) is 0.500. The minimum atomic E-state index is -0.158. The molecule has 1 N–H and O–H groups in total. The smallest absolute Gasteiger partial charge is 0.241 e. The molecule has 1 fully saturated rings. The van der Waals surface area contributed by atoms with Gasteiger partial charge in [0.2, 0.25) is 5.91 Å². The molecular weight excluding hydrogens is 250 g/mol. The number of carbonyl (C=O) groups excluding carboxylic acids is 1. The Labute approximate surface area is 120 Å². The maximum Gasteiger partial charge on any atom is 0.241 e. The predicted octanol–water partition coefficient (Wildman–Crippen LogP) is 2.62. The molecule has 0 aliphatic carbocycles. The maximum absolute atomic E-state index is 12.3. The Kier molecular flexibility index (Phi) is 4.75. The average molecular weight is 271 g/mol. The minimum absolute atomic E-state index is 0.0396. The summed E-state index contributed by atoms with van der Waals surface area (Å²) in [5.41, 5.74) is 1.09. The van der Waals surface area contributed by atoms with Gasteiger partial charge in [-0.15, -0.1) is 0 Å². The molecule has 0 saturated carbocycles. The van der Waals surface area contributed by atoms with Gasteiger partial charge in [-0.05, 0) is 50.9 Å². The van der Waals surface area contributed by atoms with Gasteiger partial charge in [0.25, 0.3) is 0 Å². The van der Waals surface area contributed by atoms with Gasteiger partial charge in [0.05, 0.1) is 17.3 Å². The van der Waals surface area contributed by atoms with E-state index < -0.39 is 0 Å². The van der Waals surface area contributed by atoms with E-state index in [0.717, 1.165) is 31.8 Å². The highest BCUT2D eigenvalue weighted by Gasteiger charge is 2.25. The van der Waals surface area contributed by atoms with E-state index in [2.05, 4.69) is 23.2 Å². The van der Waals surface area contributed by atoms with Crippen LogP contribution in [-0.4, -0.2) is 29.9 Å². The molecule has 1 atom stereocenters. The van der Waals surface area contributed by atoms with Crippen molar-refractivity contribution in [2.24, 2.45) is 5.92 Å². The summed E-state index contributed by atoms with van der Waals surface area (Å²) in [6.07, 6.45) is 2.29. The van der Waals surface area contributed by atoms with E-state index in [1.807, 2.05) is 13.0 Å². The number of benzene rings is 1. The van der Waals surface area contributed by atoms with Gasteiger partial charge in [-0.1, -0.05) is 19.1 Å². The Balaban J connectivity index is 1.99. The highest BCUT2D eigenvalue weighted by atomic mass is 16.2. The van der Waals surface area contributed by atoms with Crippen molar-refractivity contribution >= 4 is 11.6 Å². The zero-order valence-electron chi connectivity index (χ0n) is 12.1. The summed E-state index contributed by atoms with van der Waals surface area (Å²) in [4.78, 5) is 14.5. The van der Waals surface area contributed by atoms with Crippen LogP contribution in [0.2, 0.25) is 0 Å². The lowest BCUT2D eigenvalue weighted by molar-refractivity contribution is -0.121. The standard InChI is InChI=1S/C16H21N3O/c1-12-7-9-19(10-8-12)13(2)16(20)18-15-6-4-3-5-14(15)11-17/h3-6,12-13H,7-10H2,1-2H3,(H,18,20). The van der Waals surface area contributed by atoms with Crippen LogP contribution in [0.1, 0.15) is 32.3 Å². The van der Waals surface area contributed by atoms with Crippen molar-refractivity contribution in [3.05, 3.63) is 29.8 Å². The molecule has 0 aromatic heterocycles. The SMILES string of the molecule is CC1CCN(C(C)C(=O)Nc2ccccc2C#N)CC1. The number of rotatable bonds is 3. The number of hydrogen-bond acceptors (Lipinski definition) is 3. The van der Waals surface area contributed by atoms with E-state index in [9.17, 15) is 4.79 Å². The van der Waals surface area contributed by atoms with Gasteiger partial charge in [-0.25, -0.2) is 0 Å². The number of nitriles is 1. The number of hydrogen-bond donors (Lipinski definition) is 1. The number of nitrogens with one attached hydrogen (secondary N) is 1. The average Bonchev–Trinajstić information content (AvgIpc) is 2.48. The van der Waals surface area contributed by atoms with E-state index in [0.29, 0.717) is 11.3 Å². The second-order valence-corrected chi connectivity index (χ2v) is 5.54. The fourth-order valence-electron chi connectivity index (χ4n) is 2.51. The Morgan fingerprint density at radius 1 is 1.40 bits per heavy atom. The quantitative estimate of drug-likeness (QED) is 0.919. The van der Waals surface area contributed by atoms with Crippen LogP contribution >= 0.6 is 0 Å². The predicted molar refractivity (Wildman–Crippen MR) is 79.2 cm³/mol. The first-order chi connectivity index (χ1) is 9.61. The molecule has 1 aliphatic heterocycles. The van der Waals surface area contributed by atoms with Crippen LogP contribution in [0.5, 0.6) is 0 Å². The van der Waals surface area contributed by atoms with E-state index in [-0.39, 0.29) is 11.9 Å². The van der Waals surface area contributed by atoms with Crippen molar-refractivity contribution in [1.82, 2.24) is 4.90 Å². The van der Waals surface area contributed by atoms with Gasteiger partial charge in [0.1, 0.15) is 6.07 Å². The van der Waals surface area contributed by atoms with E-state index in [1.54, 1.807) is 18.2 Å². The summed E-state index contributed by atoms with van der Waals surface area (Å²) in [6, 6.07) is 9.03. The van der Waals surface area contributed by atoms with Crippen molar-refractivity contribution in [3.63, 3.8) is 0 Å². The summed E-state index contributed by atoms with van der Waals surface area (Å²) in [6.45, 7) is 6.12. The first kappa shape index (κ1) is 14.5. The van der Waals surface area contributed by atoms with E-state index in [4.69, 9.17) is 5.26 Å². The van der Waals surface area contributed by atoms with Gasteiger partial charge >= 0.3 is 0 Å². The summed E-state index contributed by atoms with van der Waals surface area (Å²) in [7, 11) is 0. The molecule has 1 aliphatic rings. The second-order valence-electron chi connectivity index (χ2n) is 5.54. The molecular formula is C16H21N3O. The number of para-hydroxylation sites is 1. The Hall–Kier alpha value is -1.86. The van der Waals surface area contributed by atoms with Gasteiger partial charge < -0.3 is 5.32 Å². The lowest BCUT2D eigenvalue weighted by Gasteiger charge is -2.34. The molecule has 1 unspecified atom stereocenters. The highest BCUT2D eigenvalue weighted by Crippen LogP contribution is 2.19. The molecule has 1 aromatic rings. The van der Waals surface area contributed by atoms with Gasteiger partial charge in [0.15, 0.2) is 0 Å². The summed E-state index contributed by atoms with van der Waals surface area (Å²) in [5, 5.41) is 11.9. The van der Waals surface area contributed by atoms with Gasteiger partial charge in [0, 0.05) is 0 Å². The molecule has 0 spiro atoms. The van der Waals surface area contributed by atoms with E-state index >= 15 is 0 Å². The Morgan fingerprint density at radius 2 is 2.05 bits per heavy atom. The molecule has 2 rings (SSSR count). The van der Waals surface area contributed by atoms with Gasteiger partial charge in [-0.3, -0.25) is 9.69 Å². The summed E-state index contributed by atoms with van der Waals surface area (Å²) in [5.74, 6) is 0.711. The monoisotopic (exact) mass is 271 g/mol. The highest BCUT2D eigenvalue weighted by molar-refractivity contribution is 5.95. The molecule has 20 heavy (non-hydrogen) atoms. The zero-order valence-corrected chi connectivity index (χ0v) is 12.1. The largest absolute Gasteiger partial charge is 0.324 e. The molecule has 106 valence electrons. The normalized spacial score (nSPS) is 18.2. The van der Waals surface area contributed by atoms with Crippen molar-refractivity contribution in [2.75, 3.05) is 18.4 Å². The number of likely N-dealkylation sites (tertiary alicyclic amines) is 1. The first-order valence-corrected chi connectivity index (χ1v) is 7.16. The number of piperidine rings is 1. The third-order valence-corrected chi connectivity index (χ3v) is 4.05. The number of anilines is 1. The van der Waals surface area contributed by atoms with E-state index in [1.165, 1.54) is 0 Å². The number of nitrogens with zero attached hydrogens (tertiary/aromatic N) is 2. The molecule has 1 heterocycles. The first-order valence-electron chi connectivity index (χ1n) is 7.16. The zero-order chi connectivity index (χ0) is 14.5. The van der Waals surface area contributed by atoms with Crippen LogP contribution in [0.15, 0.2) is 24.3 Å². The van der Waals surface area contributed by atoms with Crippen LogP contribution in [0.25, 0.3) is 0 Å². The molecule has 4 nitrogen and oxygen atoms in total. The summed E-state index contributed by atoms with van der Waals surface area (Å²) < 4.78 is 0. The van der Waals surface area contributed by atoms with Crippen molar-refractivity contribution in [1.29, 1.82) is 5.26 Å². The molecule has 1 aromatic carbocycles. The third kappa shape index (κ3) is 3.37. The Morgan fingerprint density at radius 3 is 2.70 bits per heavy atom. The number of amides is 1. The number of carbonyl (C=O) groups is 1. The fourth-order valence-corrected chi connectivity index (χ4v) is 2.51. The Bertz CT molecular complexity index is 513. The molecule has 0 bridgehead atoms. The molecule has 4 heteroatoms. The maximum atomic E-state index is 12.3. The molecule has 1 amide bonds. The van der Waals surface area contributed by atoms with Gasteiger partial charge in [-0.2, -0.15) is 5.26 Å². The van der Waals surface area contributed by atoms with Crippen molar-refractivity contribution in [3.8, 4) is 6.07 Å². The minimum Gasteiger partial charge on any atom is -0.324 e. The van der Waals surface area contributed by atoms with Crippen LogP contribution in [-0.2, 0) is 4.79 Å². The molecule has 1 saturated heterocycles. The lowest BCUT2D eigenvalue weighted by atomic mass is 9.98. The second kappa shape index (κ2) is 6.53. The molecule has 0 radical (unpaired) electrons. The van der Waals surface area contributed by atoms with Crippen LogP contribution < -0.4 is 5.32 Å².